The van der Waals surface area contributed by atoms with E-state index in [1.54, 1.807) is 5.38 Å². The average Bonchev–Trinajstić information content (AvgIpc) is 2.65. The second kappa shape index (κ2) is 6.30. The van der Waals surface area contributed by atoms with Gasteiger partial charge >= 0.3 is 0 Å². The van der Waals surface area contributed by atoms with Gasteiger partial charge in [0.15, 0.2) is 11.3 Å². The van der Waals surface area contributed by atoms with Gasteiger partial charge in [0.2, 0.25) is 0 Å². The highest BCUT2D eigenvalue weighted by atomic mass is 32.1. The van der Waals surface area contributed by atoms with E-state index in [-0.39, 0.29) is 6.61 Å². The summed E-state index contributed by atoms with van der Waals surface area (Å²) in [7, 11) is 0. The summed E-state index contributed by atoms with van der Waals surface area (Å²) in [6.07, 6.45) is 3.16. The molecule has 0 aromatic carbocycles. The topological polar surface area (TPSA) is 50.2 Å². The van der Waals surface area contributed by atoms with Crippen LogP contribution < -0.4 is 0 Å². The minimum absolute atomic E-state index is 0.216. The van der Waals surface area contributed by atoms with Gasteiger partial charge in [-0.1, -0.05) is 5.92 Å². The number of nitrogens with zero attached hydrogens (tertiary/aromatic N) is 1. The first-order chi connectivity index (χ1) is 6.86. The number of rotatable bonds is 4. The maximum absolute atomic E-state index is 10.3. The summed E-state index contributed by atoms with van der Waals surface area (Å²) >= 11 is 1.30. The third kappa shape index (κ3) is 3.69. The zero-order valence-corrected chi connectivity index (χ0v) is 8.51. The van der Waals surface area contributed by atoms with Gasteiger partial charge in [-0.15, -0.1) is 11.3 Å². The van der Waals surface area contributed by atoms with Crippen molar-refractivity contribution in [3.05, 3.63) is 16.1 Å². The molecule has 1 aromatic rings. The first kappa shape index (κ1) is 10.9. The van der Waals surface area contributed by atoms with Crippen molar-refractivity contribution < 1.29 is 9.90 Å². The number of carbonyl (C=O) groups excluding carboxylic acids is 1. The Kier molecular flexibility index (Phi) is 4.90. The number of thiazole rings is 1. The van der Waals surface area contributed by atoms with E-state index in [1.165, 1.54) is 11.3 Å². The normalized spacial score (nSPS) is 9.21. The number of aldehydes is 1. The van der Waals surface area contributed by atoms with Crippen LogP contribution in [-0.2, 0) is 0 Å². The first-order valence-corrected chi connectivity index (χ1v) is 5.25. The number of hydrogen-bond acceptors (Lipinski definition) is 4. The summed E-state index contributed by atoms with van der Waals surface area (Å²) < 4.78 is 0. The predicted octanol–water partition coefficient (Wildman–Crippen LogP) is 1.47. The van der Waals surface area contributed by atoms with E-state index in [2.05, 4.69) is 16.8 Å². The Bertz CT molecular complexity index is 348. The van der Waals surface area contributed by atoms with Gasteiger partial charge in [0, 0.05) is 18.4 Å². The van der Waals surface area contributed by atoms with Crippen molar-refractivity contribution in [1.82, 2.24) is 4.98 Å². The molecule has 0 saturated heterocycles. The van der Waals surface area contributed by atoms with Crippen molar-refractivity contribution >= 4 is 17.6 Å². The van der Waals surface area contributed by atoms with E-state index in [0.717, 1.165) is 25.5 Å². The quantitative estimate of drug-likeness (QED) is 0.464. The molecular weight excluding hydrogens is 198 g/mol. The van der Waals surface area contributed by atoms with Gasteiger partial charge in [0.1, 0.15) is 5.69 Å². The molecule has 0 aliphatic carbocycles. The minimum Gasteiger partial charge on any atom is -0.396 e. The lowest BCUT2D eigenvalue weighted by Crippen LogP contribution is -1.81. The molecule has 0 aliphatic heterocycles. The molecule has 14 heavy (non-hydrogen) atoms. The molecule has 0 radical (unpaired) electrons. The third-order valence-electron chi connectivity index (χ3n) is 1.55. The molecule has 0 atom stereocenters. The van der Waals surface area contributed by atoms with Gasteiger partial charge in [0.25, 0.3) is 0 Å². The summed E-state index contributed by atoms with van der Waals surface area (Å²) in [4.78, 5) is 14.3. The molecular formula is C10H11NO2S. The molecule has 0 aliphatic rings. The van der Waals surface area contributed by atoms with Crippen LogP contribution in [0.25, 0.3) is 0 Å². The molecule has 74 valence electrons. The molecule has 0 bridgehead atoms. The van der Waals surface area contributed by atoms with Crippen molar-refractivity contribution in [2.24, 2.45) is 0 Å². The van der Waals surface area contributed by atoms with E-state index in [4.69, 9.17) is 5.11 Å². The van der Waals surface area contributed by atoms with Crippen LogP contribution in [0.2, 0.25) is 0 Å². The number of aliphatic hydroxyl groups excluding tert-OH is 1. The van der Waals surface area contributed by atoms with Crippen LogP contribution in [0, 0.1) is 11.8 Å². The molecule has 3 nitrogen and oxygen atoms in total. The zero-order valence-electron chi connectivity index (χ0n) is 7.69. The maximum Gasteiger partial charge on any atom is 0.178 e. The molecule has 1 rings (SSSR count). The Morgan fingerprint density at radius 3 is 3.07 bits per heavy atom. The van der Waals surface area contributed by atoms with Crippen LogP contribution in [-0.4, -0.2) is 23.0 Å². The van der Waals surface area contributed by atoms with Crippen molar-refractivity contribution in [3.8, 4) is 11.8 Å². The van der Waals surface area contributed by atoms with Gasteiger partial charge in [-0.05, 0) is 18.8 Å². The first-order valence-electron chi connectivity index (χ1n) is 4.37. The van der Waals surface area contributed by atoms with Crippen LogP contribution >= 0.6 is 11.3 Å². The number of hydrogen-bond donors (Lipinski definition) is 1. The van der Waals surface area contributed by atoms with E-state index in [0.29, 0.717) is 10.7 Å². The standard InChI is InChI=1S/C10H11NO2S/c12-6-4-2-1-3-5-9-8-14-10(7-13)11-9/h7-8,12H,1-2,4,6H2. The molecule has 0 amide bonds. The summed E-state index contributed by atoms with van der Waals surface area (Å²) in [5, 5.41) is 10.7. The Morgan fingerprint density at radius 1 is 1.57 bits per heavy atom. The van der Waals surface area contributed by atoms with Crippen LogP contribution in [0.4, 0.5) is 0 Å². The van der Waals surface area contributed by atoms with Gasteiger partial charge in [-0.2, -0.15) is 0 Å². The van der Waals surface area contributed by atoms with Crippen LogP contribution in [0.3, 0.4) is 0 Å². The second-order valence-electron chi connectivity index (χ2n) is 2.67. The highest BCUT2D eigenvalue weighted by molar-refractivity contribution is 7.11. The van der Waals surface area contributed by atoms with Gasteiger partial charge < -0.3 is 5.11 Å². The molecule has 4 heteroatoms. The third-order valence-corrected chi connectivity index (χ3v) is 2.32. The van der Waals surface area contributed by atoms with Crippen molar-refractivity contribution in [3.63, 3.8) is 0 Å². The molecule has 0 fully saturated rings. The van der Waals surface area contributed by atoms with Crippen molar-refractivity contribution in [2.75, 3.05) is 6.61 Å². The van der Waals surface area contributed by atoms with Crippen molar-refractivity contribution in [1.29, 1.82) is 0 Å². The Labute approximate surface area is 86.8 Å². The number of aliphatic hydroxyl groups is 1. The fraction of sp³-hybridized carbons (Fsp3) is 0.400. The molecule has 1 N–H and O–H groups in total. The minimum atomic E-state index is 0.216. The summed E-state index contributed by atoms with van der Waals surface area (Å²) in [5.74, 6) is 5.81. The fourth-order valence-corrected chi connectivity index (χ4v) is 1.43. The molecule has 0 saturated carbocycles. The van der Waals surface area contributed by atoms with Crippen LogP contribution in [0.1, 0.15) is 34.8 Å². The fourth-order valence-electron chi connectivity index (χ4n) is 0.877. The molecule has 1 heterocycles. The van der Waals surface area contributed by atoms with Gasteiger partial charge in [0.05, 0.1) is 0 Å². The Balaban J connectivity index is 2.38. The molecule has 0 unspecified atom stereocenters. The zero-order chi connectivity index (χ0) is 10.2. The maximum atomic E-state index is 10.3. The number of aromatic nitrogens is 1. The molecule has 1 aromatic heterocycles. The van der Waals surface area contributed by atoms with E-state index >= 15 is 0 Å². The highest BCUT2D eigenvalue weighted by Crippen LogP contribution is 2.05. The SMILES string of the molecule is O=Cc1nc(C#CCCCCO)cs1. The summed E-state index contributed by atoms with van der Waals surface area (Å²) in [5.41, 5.74) is 0.654. The monoisotopic (exact) mass is 209 g/mol. The van der Waals surface area contributed by atoms with Crippen LogP contribution in [0.15, 0.2) is 5.38 Å². The Morgan fingerprint density at radius 2 is 2.43 bits per heavy atom. The average molecular weight is 209 g/mol. The smallest absolute Gasteiger partial charge is 0.178 e. The predicted molar refractivity (Wildman–Crippen MR) is 55.3 cm³/mol. The van der Waals surface area contributed by atoms with Crippen molar-refractivity contribution in [2.45, 2.75) is 19.3 Å². The lowest BCUT2D eigenvalue weighted by molar-refractivity contribution is 0.112. The van der Waals surface area contributed by atoms with Gasteiger partial charge in [-0.3, -0.25) is 4.79 Å². The van der Waals surface area contributed by atoms with E-state index in [1.807, 2.05) is 0 Å². The summed E-state index contributed by atoms with van der Waals surface area (Å²) in [6.45, 7) is 0.216. The highest BCUT2D eigenvalue weighted by Gasteiger charge is 1.95. The summed E-state index contributed by atoms with van der Waals surface area (Å²) in [6, 6.07) is 0. The largest absolute Gasteiger partial charge is 0.396 e. The lowest BCUT2D eigenvalue weighted by atomic mass is 10.2. The van der Waals surface area contributed by atoms with E-state index in [9.17, 15) is 4.79 Å². The lowest BCUT2D eigenvalue weighted by Gasteiger charge is -1.87. The number of unbranched alkanes of at least 4 members (excludes halogenated alkanes) is 2. The van der Waals surface area contributed by atoms with E-state index < -0.39 is 0 Å². The second-order valence-corrected chi connectivity index (χ2v) is 3.56. The van der Waals surface area contributed by atoms with Crippen LogP contribution in [0.5, 0.6) is 0 Å². The van der Waals surface area contributed by atoms with Gasteiger partial charge in [-0.25, -0.2) is 4.98 Å². The Hall–Kier alpha value is -1.18. The molecule has 0 spiro atoms. The number of carbonyl (C=O) groups is 1.